The Morgan fingerprint density at radius 2 is 2.31 bits per heavy atom. The highest BCUT2D eigenvalue weighted by atomic mass is 17.3. The highest BCUT2D eigenvalue weighted by Crippen LogP contribution is 2.09. The molecule has 0 saturated carbocycles. The highest BCUT2D eigenvalue weighted by molar-refractivity contribution is 6.04. The van der Waals surface area contributed by atoms with Gasteiger partial charge in [-0.3, -0.25) is 4.79 Å². The molecule has 1 aliphatic carbocycles. The summed E-state index contributed by atoms with van der Waals surface area (Å²) < 4.78 is 0. The number of Topliss-reactive ketones (excluding diaryl/α,β-unsaturated/α-hetero) is 1. The van der Waals surface area contributed by atoms with Crippen molar-refractivity contribution in [2.45, 2.75) is 13.3 Å². The SMILES string of the molecule is COON=C1C=CC(C(C)=O)=CC1. The summed E-state index contributed by atoms with van der Waals surface area (Å²) in [5, 5.41) is 3.65. The molecule has 0 radical (unpaired) electrons. The molecule has 0 N–H and O–H groups in total. The van der Waals surface area contributed by atoms with Crippen LogP contribution in [0.4, 0.5) is 0 Å². The number of rotatable bonds is 3. The Hall–Kier alpha value is -1.42. The molecule has 0 fully saturated rings. The number of carbonyl (C=O) groups excluding carboxylic acids is 1. The van der Waals surface area contributed by atoms with Crippen LogP contribution < -0.4 is 0 Å². The van der Waals surface area contributed by atoms with Crippen LogP contribution in [0.25, 0.3) is 0 Å². The predicted octanol–water partition coefficient (Wildman–Crippen LogP) is 1.40. The van der Waals surface area contributed by atoms with Gasteiger partial charge in [0.2, 0.25) is 0 Å². The lowest BCUT2D eigenvalue weighted by Crippen LogP contribution is -2.03. The highest BCUT2D eigenvalue weighted by Gasteiger charge is 2.06. The quantitative estimate of drug-likeness (QED) is 0.488. The third-order valence-corrected chi connectivity index (χ3v) is 1.62. The Morgan fingerprint density at radius 3 is 2.77 bits per heavy atom. The maximum Gasteiger partial charge on any atom is 0.159 e. The summed E-state index contributed by atoms with van der Waals surface area (Å²) in [6, 6.07) is 0. The lowest BCUT2D eigenvalue weighted by Gasteiger charge is -2.04. The maximum atomic E-state index is 10.9. The Bertz CT molecular complexity index is 289. The van der Waals surface area contributed by atoms with Gasteiger partial charge in [-0.1, -0.05) is 6.08 Å². The molecule has 0 saturated heterocycles. The van der Waals surface area contributed by atoms with Crippen LogP contribution in [0.5, 0.6) is 0 Å². The molecule has 0 bridgehead atoms. The molecule has 0 aromatic heterocycles. The smallest absolute Gasteiger partial charge is 0.159 e. The van der Waals surface area contributed by atoms with Crippen LogP contribution in [0.3, 0.4) is 0 Å². The third kappa shape index (κ3) is 2.83. The van der Waals surface area contributed by atoms with Crippen LogP contribution in [-0.2, 0) is 14.7 Å². The molecule has 0 amide bonds. The standard InChI is InChI=1S/C9H11NO3/c1-7(11)8-3-5-9(6-4-8)10-13-12-2/h3-5H,6H2,1-2H3. The number of oxime groups is 1. The zero-order valence-corrected chi connectivity index (χ0v) is 7.61. The van der Waals surface area contributed by atoms with E-state index >= 15 is 0 Å². The van der Waals surface area contributed by atoms with Gasteiger partial charge in [0.1, 0.15) is 0 Å². The lowest BCUT2D eigenvalue weighted by atomic mass is 10.0. The minimum absolute atomic E-state index is 0.0583. The van der Waals surface area contributed by atoms with E-state index in [9.17, 15) is 4.79 Å². The van der Waals surface area contributed by atoms with E-state index in [1.165, 1.54) is 14.0 Å². The molecule has 0 aromatic rings. The fraction of sp³-hybridized carbons (Fsp3) is 0.333. The molecule has 1 rings (SSSR count). The van der Waals surface area contributed by atoms with Crippen molar-refractivity contribution in [3.05, 3.63) is 23.8 Å². The first-order valence-corrected chi connectivity index (χ1v) is 3.90. The van der Waals surface area contributed by atoms with E-state index in [-0.39, 0.29) is 5.78 Å². The van der Waals surface area contributed by atoms with E-state index in [1.54, 1.807) is 18.2 Å². The molecule has 0 aliphatic heterocycles. The van der Waals surface area contributed by atoms with Gasteiger partial charge in [0.05, 0.1) is 12.8 Å². The molecule has 4 nitrogen and oxygen atoms in total. The summed E-state index contributed by atoms with van der Waals surface area (Å²) in [5.41, 5.74) is 1.43. The summed E-state index contributed by atoms with van der Waals surface area (Å²) in [5.74, 6) is 0.0583. The molecule has 0 spiro atoms. The molecule has 0 unspecified atom stereocenters. The van der Waals surface area contributed by atoms with Gasteiger partial charge in [-0.2, -0.15) is 4.89 Å². The number of hydrogen-bond donors (Lipinski definition) is 0. The first kappa shape index (κ1) is 9.67. The molecule has 13 heavy (non-hydrogen) atoms. The second-order valence-electron chi connectivity index (χ2n) is 2.58. The minimum Gasteiger partial charge on any atom is -0.295 e. The van der Waals surface area contributed by atoms with Crippen LogP contribution in [0, 0.1) is 0 Å². The summed E-state index contributed by atoms with van der Waals surface area (Å²) in [7, 11) is 1.38. The first-order valence-electron chi connectivity index (χ1n) is 3.90. The van der Waals surface area contributed by atoms with E-state index in [4.69, 9.17) is 0 Å². The number of hydrogen-bond acceptors (Lipinski definition) is 4. The monoisotopic (exact) mass is 181 g/mol. The van der Waals surface area contributed by atoms with Gasteiger partial charge in [-0.25, -0.2) is 4.99 Å². The van der Waals surface area contributed by atoms with Gasteiger partial charge in [-0.15, -0.1) is 0 Å². The van der Waals surface area contributed by atoms with Crippen molar-refractivity contribution in [2.75, 3.05) is 7.11 Å². The number of nitrogens with zero attached hydrogens (tertiary/aromatic N) is 1. The average molecular weight is 181 g/mol. The Labute approximate surface area is 76.4 Å². The third-order valence-electron chi connectivity index (χ3n) is 1.62. The first-order chi connectivity index (χ1) is 6.24. The molecular weight excluding hydrogens is 170 g/mol. The molecule has 0 atom stereocenters. The number of ketones is 1. The van der Waals surface area contributed by atoms with E-state index in [2.05, 4.69) is 15.0 Å². The predicted molar refractivity (Wildman–Crippen MR) is 48.1 cm³/mol. The molecular formula is C9H11NO3. The van der Waals surface area contributed by atoms with E-state index < -0.39 is 0 Å². The van der Waals surface area contributed by atoms with Gasteiger partial charge >= 0.3 is 0 Å². The van der Waals surface area contributed by atoms with Gasteiger partial charge < -0.3 is 0 Å². The Morgan fingerprint density at radius 1 is 1.54 bits per heavy atom. The summed E-state index contributed by atoms with van der Waals surface area (Å²) in [4.78, 5) is 19.6. The number of allylic oxidation sites excluding steroid dienone is 4. The van der Waals surface area contributed by atoms with Crippen molar-refractivity contribution in [1.82, 2.24) is 0 Å². The maximum absolute atomic E-state index is 10.9. The summed E-state index contributed by atoms with van der Waals surface area (Å²) >= 11 is 0. The topological polar surface area (TPSA) is 47.9 Å². The van der Waals surface area contributed by atoms with Crippen LogP contribution in [0.2, 0.25) is 0 Å². The minimum atomic E-state index is 0.0583. The van der Waals surface area contributed by atoms with E-state index in [1.807, 2.05) is 0 Å². The van der Waals surface area contributed by atoms with Gasteiger partial charge in [0, 0.05) is 12.0 Å². The summed E-state index contributed by atoms with van der Waals surface area (Å²) in [6.07, 6.45) is 5.84. The van der Waals surface area contributed by atoms with Crippen LogP contribution in [-0.4, -0.2) is 18.6 Å². The largest absolute Gasteiger partial charge is 0.295 e. The second-order valence-corrected chi connectivity index (χ2v) is 2.58. The van der Waals surface area contributed by atoms with Crippen LogP contribution in [0.1, 0.15) is 13.3 Å². The van der Waals surface area contributed by atoms with Crippen molar-refractivity contribution in [1.29, 1.82) is 0 Å². The van der Waals surface area contributed by atoms with Crippen LogP contribution in [0.15, 0.2) is 29.0 Å². The normalized spacial score (nSPS) is 18.6. The van der Waals surface area contributed by atoms with Crippen LogP contribution >= 0.6 is 0 Å². The molecule has 4 heteroatoms. The second kappa shape index (κ2) is 4.57. The fourth-order valence-corrected chi connectivity index (χ4v) is 0.950. The average Bonchev–Trinajstić information content (AvgIpc) is 2.15. The van der Waals surface area contributed by atoms with Crippen molar-refractivity contribution in [3.63, 3.8) is 0 Å². The van der Waals surface area contributed by atoms with Crippen molar-refractivity contribution >= 4 is 11.5 Å². The van der Waals surface area contributed by atoms with Gasteiger partial charge in [0.15, 0.2) is 5.78 Å². The van der Waals surface area contributed by atoms with Gasteiger partial charge in [0.25, 0.3) is 0 Å². The van der Waals surface area contributed by atoms with E-state index in [0.29, 0.717) is 12.0 Å². The fourth-order valence-electron chi connectivity index (χ4n) is 0.950. The molecule has 70 valence electrons. The zero-order valence-electron chi connectivity index (χ0n) is 7.61. The molecule has 0 aromatic carbocycles. The van der Waals surface area contributed by atoms with Crippen molar-refractivity contribution in [2.24, 2.45) is 5.16 Å². The van der Waals surface area contributed by atoms with Crippen molar-refractivity contribution < 1.29 is 14.7 Å². The number of carbonyl (C=O) groups is 1. The van der Waals surface area contributed by atoms with Crippen molar-refractivity contribution in [3.8, 4) is 0 Å². The Balaban J connectivity index is 2.58. The zero-order chi connectivity index (χ0) is 9.68. The Kier molecular flexibility index (Phi) is 3.40. The van der Waals surface area contributed by atoms with E-state index in [0.717, 1.165) is 5.71 Å². The van der Waals surface area contributed by atoms with Gasteiger partial charge in [-0.05, 0) is 24.2 Å². The summed E-state index contributed by atoms with van der Waals surface area (Å²) in [6.45, 7) is 1.53. The molecule has 1 aliphatic rings. The lowest BCUT2D eigenvalue weighted by molar-refractivity contribution is -0.273. The molecule has 0 heterocycles.